The molecule has 1 aromatic carbocycles. The van der Waals surface area contributed by atoms with Crippen LogP contribution >= 0.6 is 35.5 Å². The van der Waals surface area contributed by atoms with E-state index in [1.54, 1.807) is 25.4 Å². The molecule has 2 aromatic rings. The number of carbonyl (C=O) groups excluding carboxylic acids is 1. The van der Waals surface area contributed by atoms with Crippen LogP contribution in [0, 0.1) is 0 Å². The molecule has 6 nitrogen and oxygen atoms in total. The van der Waals surface area contributed by atoms with Crippen LogP contribution in [-0.2, 0) is 4.79 Å². The minimum atomic E-state index is -0.0133. The predicted molar refractivity (Wildman–Crippen MR) is 126 cm³/mol. The zero-order valence-electron chi connectivity index (χ0n) is 16.8. The van der Waals surface area contributed by atoms with Gasteiger partial charge in [0.1, 0.15) is 5.75 Å². The number of hydrogen-bond acceptors (Lipinski definition) is 6. The zero-order chi connectivity index (χ0) is 19.1. The number of thioether (sulfide) groups is 1. The Morgan fingerprint density at radius 1 is 1.17 bits per heavy atom. The summed E-state index contributed by atoms with van der Waals surface area (Å²) in [6.07, 6.45) is 1.17. The smallest absolute Gasteiger partial charge is 0.221 e. The van der Waals surface area contributed by atoms with Crippen molar-refractivity contribution in [1.29, 1.82) is 0 Å². The van der Waals surface area contributed by atoms with Gasteiger partial charge in [-0.1, -0.05) is 12.1 Å². The molecule has 2 heterocycles. The molecule has 1 saturated heterocycles. The highest BCUT2D eigenvalue weighted by Gasteiger charge is 2.19. The maximum Gasteiger partial charge on any atom is 0.221 e. The summed E-state index contributed by atoms with van der Waals surface area (Å²) in [5.41, 5.74) is 1.20. The maximum atomic E-state index is 11.1. The number of para-hydroxylation sites is 2. The Bertz CT molecular complexity index is 752. The third-order valence-electron chi connectivity index (χ3n) is 4.54. The average Bonchev–Trinajstić information content (AvgIpc) is 3.12. The molecule has 0 atom stereocenters. The Balaban J connectivity index is 0.00000210. The van der Waals surface area contributed by atoms with Gasteiger partial charge in [0.05, 0.1) is 22.0 Å². The summed E-state index contributed by atoms with van der Waals surface area (Å²) < 4.78 is 6.75. The van der Waals surface area contributed by atoms with Gasteiger partial charge in [0.15, 0.2) is 0 Å². The number of nitrogens with zero attached hydrogens (tertiary/aromatic N) is 2. The highest BCUT2D eigenvalue weighted by Crippen LogP contribution is 2.31. The van der Waals surface area contributed by atoms with Crippen LogP contribution in [0.3, 0.4) is 0 Å². The summed E-state index contributed by atoms with van der Waals surface area (Å²) in [7, 11) is 1.74. The van der Waals surface area contributed by atoms with E-state index >= 15 is 0 Å². The molecule has 162 valence electrons. The summed E-state index contributed by atoms with van der Waals surface area (Å²) in [6, 6.07) is 12.3. The molecule has 0 bridgehead atoms. The van der Waals surface area contributed by atoms with Crippen molar-refractivity contribution in [2.45, 2.75) is 17.6 Å². The van der Waals surface area contributed by atoms with Crippen molar-refractivity contribution in [3.05, 3.63) is 36.4 Å². The van der Waals surface area contributed by atoms with Gasteiger partial charge < -0.3 is 20.4 Å². The van der Waals surface area contributed by atoms with Gasteiger partial charge in [-0.15, -0.1) is 35.5 Å². The molecule has 1 aliphatic heterocycles. The zero-order valence-corrected chi connectivity index (χ0v) is 19.3. The number of nitrogens with one attached hydrogen (secondary N) is 1. The summed E-state index contributed by atoms with van der Waals surface area (Å²) >= 11 is 3.52. The molecule has 3 N–H and O–H groups in total. The van der Waals surface area contributed by atoms with Crippen LogP contribution < -0.4 is 15.0 Å². The molecule has 0 saturated carbocycles. The molecule has 0 unspecified atom stereocenters. The van der Waals surface area contributed by atoms with Gasteiger partial charge >= 0.3 is 0 Å². The maximum absolute atomic E-state index is 11.1. The molecule has 3 rings (SSSR count). The number of piperazine rings is 1. The van der Waals surface area contributed by atoms with Gasteiger partial charge in [-0.25, -0.2) is 0 Å². The molecule has 1 amide bonds. The molecule has 29 heavy (non-hydrogen) atoms. The molecule has 9 heteroatoms. The van der Waals surface area contributed by atoms with Crippen LogP contribution in [-0.4, -0.2) is 61.9 Å². The standard InChI is InChI=1S/C20H27N3O2S2.ClH.H2O/c1-16(24)21-19-8-9-20(27-19)26-15-5-10-22-11-13-23(14-12-22)17-6-3-4-7-18(17)25-2;;/h3-4,6-9H,5,10-15H2,1-2H3,(H,21,24);1H;1H2. The van der Waals surface area contributed by atoms with Crippen LogP contribution in [0.5, 0.6) is 5.75 Å². The first-order chi connectivity index (χ1) is 13.2. The monoisotopic (exact) mass is 459 g/mol. The first-order valence-corrected chi connectivity index (χ1v) is 11.1. The van der Waals surface area contributed by atoms with Crippen molar-refractivity contribution in [3.8, 4) is 5.75 Å². The fourth-order valence-corrected chi connectivity index (χ4v) is 5.28. The number of methoxy groups -OCH3 is 1. The van der Waals surface area contributed by atoms with E-state index < -0.39 is 0 Å². The van der Waals surface area contributed by atoms with E-state index in [1.165, 1.54) is 16.3 Å². The van der Waals surface area contributed by atoms with Crippen LogP contribution in [0.15, 0.2) is 40.6 Å². The van der Waals surface area contributed by atoms with Gasteiger partial charge in [0.25, 0.3) is 0 Å². The van der Waals surface area contributed by atoms with Crippen molar-refractivity contribution in [3.63, 3.8) is 0 Å². The largest absolute Gasteiger partial charge is 0.495 e. The van der Waals surface area contributed by atoms with E-state index in [0.717, 1.165) is 49.2 Å². The first kappa shape index (κ1) is 25.6. The number of ether oxygens (including phenoxy) is 1. The van der Waals surface area contributed by atoms with E-state index in [1.807, 2.05) is 30.0 Å². The van der Waals surface area contributed by atoms with Crippen molar-refractivity contribution in [1.82, 2.24) is 4.90 Å². The topological polar surface area (TPSA) is 76.3 Å². The second-order valence-corrected chi connectivity index (χ2v) is 8.98. The SMILES string of the molecule is COc1ccccc1N1CCN(CCCSc2ccc(NC(C)=O)s2)CC1.Cl.O. The van der Waals surface area contributed by atoms with Gasteiger partial charge in [-0.05, 0) is 37.2 Å². The number of benzene rings is 1. The lowest BCUT2D eigenvalue weighted by atomic mass is 10.2. The number of thiophene rings is 1. The highest BCUT2D eigenvalue weighted by molar-refractivity contribution is 8.01. The van der Waals surface area contributed by atoms with Gasteiger partial charge in [-0.3, -0.25) is 9.69 Å². The summed E-state index contributed by atoms with van der Waals surface area (Å²) in [4.78, 5) is 16.0. The molecule has 0 aliphatic carbocycles. The summed E-state index contributed by atoms with van der Waals surface area (Å²) in [5.74, 6) is 2.05. The highest BCUT2D eigenvalue weighted by atomic mass is 35.5. The first-order valence-electron chi connectivity index (χ1n) is 9.26. The van der Waals surface area contributed by atoms with Crippen molar-refractivity contribution < 1.29 is 15.0 Å². The lowest BCUT2D eigenvalue weighted by Gasteiger charge is -2.36. The number of amides is 1. The second-order valence-electron chi connectivity index (χ2n) is 6.50. The predicted octanol–water partition coefficient (Wildman–Crippen LogP) is 3.62. The van der Waals surface area contributed by atoms with Crippen molar-refractivity contribution >= 4 is 52.1 Å². The summed E-state index contributed by atoms with van der Waals surface area (Å²) in [6.45, 7) is 6.94. The lowest BCUT2D eigenvalue weighted by molar-refractivity contribution is -0.114. The van der Waals surface area contributed by atoms with Crippen LogP contribution in [0.4, 0.5) is 10.7 Å². The minimum Gasteiger partial charge on any atom is -0.495 e. The van der Waals surface area contributed by atoms with Gasteiger partial charge in [0.2, 0.25) is 5.91 Å². The number of hydrogen-bond donors (Lipinski definition) is 1. The number of anilines is 2. The van der Waals surface area contributed by atoms with E-state index in [0.29, 0.717) is 0 Å². The average molecular weight is 460 g/mol. The third-order valence-corrected chi connectivity index (χ3v) is 6.85. The molecule has 0 spiro atoms. The normalized spacial score (nSPS) is 13.9. The molecular weight excluding hydrogens is 430 g/mol. The third kappa shape index (κ3) is 7.71. The lowest BCUT2D eigenvalue weighted by Crippen LogP contribution is -2.46. The Hall–Kier alpha value is -1.45. The quantitative estimate of drug-likeness (QED) is 0.482. The Kier molecular flexibility index (Phi) is 11.4. The summed E-state index contributed by atoms with van der Waals surface area (Å²) in [5, 5.41) is 3.77. The minimum absolute atomic E-state index is 0. The molecule has 1 aliphatic rings. The van der Waals surface area contributed by atoms with E-state index in [4.69, 9.17) is 4.74 Å². The number of rotatable bonds is 8. The van der Waals surface area contributed by atoms with E-state index in [2.05, 4.69) is 33.3 Å². The fraction of sp³-hybridized carbons (Fsp3) is 0.450. The van der Waals surface area contributed by atoms with Gasteiger partial charge in [0, 0.05) is 38.9 Å². The Labute approximate surface area is 187 Å². The number of carbonyl (C=O) groups is 1. The van der Waals surface area contributed by atoms with E-state index in [-0.39, 0.29) is 23.8 Å². The van der Waals surface area contributed by atoms with Crippen LogP contribution in [0.25, 0.3) is 0 Å². The molecule has 1 fully saturated rings. The van der Waals surface area contributed by atoms with Crippen molar-refractivity contribution in [2.24, 2.45) is 0 Å². The fourth-order valence-electron chi connectivity index (χ4n) is 3.20. The second kappa shape index (κ2) is 13.0. The number of halogens is 1. The Morgan fingerprint density at radius 2 is 1.90 bits per heavy atom. The molecular formula is C20H30ClN3O3S2. The van der Waals surface area contributed by atoms with Crippen molar-refractivity contribution in [2.75, 3.05) is 55.8 Å². The van der Waals surface area contributed by atoms with Crippen LogP contribution in [0.1, 0.15) is 13.3 Å². The van der Waals surface area contributed by atoms with Crippen LogP contribution in [0.2, 0.25) is 0 Å². The molecule has 0 radical (unpaired) electrons. The Morgan fingerprint density at radius 3 is 2.59 bits per heavy atom. The molecule has 1 aromatic heterocycles. The van der Waals surface area contributed by atoms with Gasteiger partial charge in [-0.2, -0.15) is 0 Å². The van der Waals surface area contributed by atoms with E-state index in [9.17, 15) is 4.79 Å².